The first kappa shape index (κ1) is 25.0. The molecule has 2 fully saturated rings. The minimum atomic E-state index is -1.36. The first-order valence-corrected chi connectivity index (χ1v) is 12.3. The summed E-state index contributed by atoms with van der Waals surface area (Å²) in [6.07, 6.45) is -5.15. The quantitative estimate of drug-likeness (QED) is 0.465. The Labute approximate surface area is 211 Å². The lowest BCUT2D eigenvalue weighted by Crippen LogP contribution is -2.58. The van der Waals surface area contributed by atoms with Crippen molar-refractivity contribution in [3.63, 3.8) is 0 Å². The van der Waals surface area contributed by atoms with E-state index in [2.05, 4.69) is 0 Å². The van der Waals surface area contributed by atoms with Crippen molar-refractivity contribution in [2.24, 2.45) is 0 Å². The molecule has 7 heteroatoms. The highest BCUT2D eigenvalue weighted by atomic mass is 16.9. The molecule has 0 aromatic heterocycles. The van der Waals surface area contributed by atoms with Crippen LogP contribution in [0.15, 0.2) is 91.0 Å². The number of aliphatic hydroxyl groups excluding tert-OH is 2. The van der Waals surface area contributed by atoms with Gasteiger partial charge in [-0.15, -0.1) is 0 Å². The van der Waals surface area contributed by atoms with E-state index in [0.29, 0.717) is 6.61 Å². The van der Waals surface area contributed by atoms with E-state index in [1.165, 1.54) is 0 Å². The van der Waals surface area contributed by atoms with Crippen LogP contribution in [0.3, 0.4) is 0 Å². The van der Waals surface area contributed by atoms with E-state index in [1.54, 1.807) is 6.92 Å². The van der Waals surface area contributed by atoms with Crippen molar-refractivity contribution in [3.8, 4) is 0 Å². The van der Waals surface area contributed by atoms with Crippen molar-refractivity contribution in [2.75, 3.05) is 13.2 Å². The van der Waals surface area contributed by atoms with Crippen LogP contribution in [0, 0.1) is 0 Å². The summed E-state index contributed by atoms with van der Waals surface area (Å²) in [6, 6.07) is 29.8. The molecule has 2 aliphatic rings. The maximum atomic E-state index is 11.0. The summed E-state index contributed by atoms with van der Waals surface area (Å²) in [5.41, 5.74) is 1.79. The lowest BCUT2D eigenvalue weighted by Gasteiger charge is -2.41. The fourth-order valence-corrected chi connectivity index (χ4v) is 5.06. The van der Waals surface area contributed by atoms with Gasteiger partial charge in [0.1, 0.15) is 30.0 Å². The highest BCUT2D eigenvalue weighted by molar-refractivity contribution is 5.47. The Bertz CT molecular complexity index is 1010. The van der Waals surface area contributed by atoms with Gasteiger partial charge >= 0.3 is 0 Å². The Morgan fingerprint density at radius 3 is 1.75 bits per heavy atom. The lowest BCUT2D eigenvalue weighted by molar-refractivity contribution is -0.343. The first-order chi connectivity index (χ1) is 17.5. The van der Waals surface area contributed by atoms with Crippen molar-refractivity contribution in [1.29, 1.82) is 0 Å². The van der Waals surface area contributed by atoms with Gasteiger partial charge in [-0.1, -0.05) is 91.0 Å². The molecule has 0 radical (unpaired) electrons. The van der Waals surface area contributed by atoms with Crippen molar-refractivity contribution >= 4 is 0 Å². The van der Waals surface area contributed by atoms with E-state index in [-0.39, 0.29) is 6.61 Å². The number of rotatable bonds is 8. The standard InChI is InChI=1S/C29H32O7/c1-3-32-28(2)35-26-25(31)24(30)23(34-27(26)36-28)19-33-29(20-13-7-4-8-14-20,21-15-9-5-10-16-21)22-17-11-6-12-18-22/h4-18,23-27,30-31H,3,19H2,1-2H3/t23-,24+,25+,26+,27+,28+/m0/s1. The van der Waals surface area contributed by atoms with E-state index in [1.807, 2.05) is 97.9 Å². The molecule has 3 aromatic carbocycles. The van der Waals surface area contributed by atoms with Crippen LogP contribution in [-0.2, 0) is 29.3 Å². The molecule has 5 rings (SSSR count). The molecule has 0 unspecified atom stereocenters. The van der Waals surface area contributed by atoms with Crippen LogP contribution in [-0.4, -0.2) is 60.1 Å². The van der Waals surface area contributed by atoms with Gasteiger partial charge in [-0.3, -0.25) is 4.74 Å². The highest BCUT2D eigenvalue weighted by Gasteiger charge is 2.56. The molecule has 0 bridgehead atoms. The highest BCUT2D eigenvalue weighted by Crippen LogP contribution is 2.42. The van der Waals surface area contributed by atoms with Crippen LogP contribution in [0.1, 0.15) is 30.5 Å². The predicted molar refractivity (Wildman–Crippen MR) is 132 cm³/mol. The third-order valence-corrected chi connectivity index (χ3v) is 6.74. The normalized spacial score (nSPS) is 30.2. The van der Waals surface area contributed by atoms with Crippen molar-refractivity contribution in [3.05, 3.63) is 108 Å². The third kappa shape index (κ3) is 4.60. The molecule has 0 saturated carbocycles. The zero-order chi connectivity index (χ0) is 25.2. The summed E-state index contributed by atoms with van der Waals surface area (Å²) < 4.78 is 30.0. The molecule has 2 N–H and O–H groups in total. The third-order valence-electron chi connectivity index (χ3n) is 6.74. The largest absolute Gasteiger partial charge is 0.387 e. The number of hydrogen-bond donors (Lipinski definition) is 2. The Balaban J connectivity index is 1.49. The van der Waals surface area contributed by atoms with Crippen LogP contribution >= 0.6 is 0 Å². The number of fused-ring (bicyclic) bond motifs is 1. The lowest BCUT2D eigenvalue weighted by atomic mass is 9.80. The number of benzene rings is 3. The molecule has 2 saturated heterocycles. The molecule has 6 atom stereocenters. The van der Waals surface area contributed by atoms with E-state index < -0.39 is 42.3 Å². The molecule has 2 heterocycles. The van der Waals surface area contributed by atoms with Gasteiger partial charge in [-0.2, -0.15) is 0 Å². The van der Waals surface area contributed by atoms with Crippen LogP contribution in [0.4, 0.5) is 0 Å². The minimum Gasteiger partial charge on any atom is -0.387 e. The summed E-state index contributed by atoms with van der Waals surface area (Å²) in [5, 5.41) is 21.8. The summed E-state index contributed by atoms with van der Waals surface area (Å²) >= 11 is 0. The maximum absolute atomic E-state index is 11.0. The summed E-state index contributed by atoms with van der Waals surface area (Å²) in [6.45, 7) is 3.77. The summed E-state index contributed by atoms with van der Waals surface area (Å²) in [4.78, 5) is 0. The fourth-order valence-electron chi connectivity index (χ4n) is 5.06. The monoisotopic (exact) mass is 492 g/mol. The van der Waals surface area contributed by atoms with E-state index in [0.717, 1.165) is 16.7 Å². The van der Waals surface area contributed by atoms with Gasteiger partial charge in [0.2, 0.25) is 0 Å². The number of ether oxygens (including phenoxy) is 5. The van der Waals surface area contributed by atoms with Gasteiger partial charge in [0.15, 0.2) is 6.29 Å². The Morgan fingerprint density at radius 1 is 0.778 bits per heavy atom. The SMILES string of the molecule is CCO[C@@]1(C)O[C@H]2O[C@@H](COC(c3ccccc3)(c3ccccc3)c3ccccc3)[C@@H](O)[C@@H](O)[C@H]2O1. The fraction of sp³-hybridized carbons (Fsp3) is 0.379. The van der Waals surface area contributed by atoms with Gasteiger partial charge in [0.05, 0.1) is 6.61 Å². The minimum absolute atomic E-state index is 0.0190. The van der Waals surface area contributed by atoms with Gasteiger partial charge in [-0.05, 0) is 23.6 Å². The maximum Gasteiger partial charge on any atom is 0.282 e. The number of hydrogen-bond acceptors (Lipinski definition) is 7. The van der Waals surface area contributed by atoms with Crippen LogP contribution in [0.5, 0.6) is 0 Å². The summed E-state index contributed by atoms with van der Waals surface area (Å²) in [5.74, 6) is -1.36. The molecule has 0 aliphatic carbocycles. The van der Waals surface area contributed by atoms with E-state index in [9.17, 15) is 10.2 Å². The topological polar surface area (TPSA) is 86.6 Å². The molecule has 0 amide bonds. The molecule has 190 valence electrons. The second kappa shape index (κ2) is 10.4. The van der Waals surface area contributed by atoms with Gasteiger partial charge < -0.3 is 29.2 Å². The Kier molecular flexibility index (Phi) is 7.23. The average Bonchev–Trinajstić information content (AvgIpc) is 3.25. The molecule has 36 heavy (non-hydrogen) atoms. The van der Waals surface area contributed by atoms with Gasteiger partial charge in [-0.25, -0.2) is 0 Å². The number of aliphatic hydroxyl groups is 2. The van der Waals surface area contributed by atoms with E-state index in [4.69, 9.17) is 23.7 Å². The Hall–Kier alpha value is -2.62. The second-order valence-electron chi connectivity index (χ2n) is 9.11. The van der Waals surface area contributed by atoms with Crippen molar-refractivity contribution in [1.82, 2.24) is 0 Å². The molecular weight excluding hydrogens is 460 g/mol. The zero-order valence-corrected chi connectivity index (χ0v) is 20.4. The smallest absolute Gasteiger partial charge is 0.282 e. The summed E-state index contributed by atoms with van der Waals surface area (Å²) in [7, 11) is 0. The van der Waals surface area contributed by atoms with Crippen LogP contribution < -0.4 is 0 Å². The first-order valence-electron chi connectivity index (χ1n) is 12.3. The molecule has 0 spiro atoms. The zero-order valence-electron chi connectivity index (χ0n) is 20.4. The molecular formula is C29H32O7. The van der Waals surface area contributed by atoms with Crippen LogP contribution in [0.25, 0.3) is 0 Å². The predicted octanol–water partition coefficient (Wildman–Crippen LogP) is 3.57. The van der Waals surface area contributed by atoms with Crippen molar-refractivity contribution in [2.45, 2.75) is 56.1 Å². The Morgan fingerprint density at radius 2 is 1.28 bits per heavy atom. The van der Waals surface area contributed by atoms with Crippen LogP contribution in [0.2, 0.25) is 0 Å². The van der Waals surface area contributed by atoms with Crippen molar-refractivity contribution < 1.29 is 33.9 Å². The molecule has 7 nitrogen and oxygen atoms in total. The molecule has 3 aromatic rings. The van der Waals surface area contributed by atoms with Gasteiger partial charge in [0.25, 0.3) is 5.97 Å². The second-order valence-corrected chi connectivity index (χ2v) is 9.11. The van der Waals surface area contributed by atoms with E-state index >= 15 is 0 Å². The van der Waals surface area contributed by atoms with Gasteiger partial charge in [0, 0.05) is 13.5 Å². The average molecular weight is 493 g/mol. The molecule has 2 aliphatic heterocycles.